The number of esters is 1. The summed E-state index contributed by atoms with van der Waals surface area (Å²) in [5, 5.41) is 2.11. The second-order valence-corrected chi connectivity index (χ2v) is 5.89. The highest BCUT2D eigenvalue weighted by Crippen LogP contribution is 2.21. The Morgan fingerprint density at radius 3 is 2.54 bits per heavy atom. The molecule has 0 radical (unpaired) electrons. The van der Waals surface area contributed by atoms with E-state index in [0.717, 1.165) is 12.1 Å². The van der Waals surface area contributed by atoms with E-state index in [9.17, 15) is 18.8 Å². The number of carbonyl (C=O) groups is 3. The monoisotopic (exact) mass is 338 g/mol. The fraction of sp³-hybridized carbons (Fsp3) is 0.312. The molecule has 0 spiro atoms. The summed E-state index contributed by atoms with van der Waals surface area (Å²) in [6.07, 6.45) is -0.601. The number of benzene rings is 1. The van der Waals surface area contributed by atoms with Crippen LogP contribution in [0, 0.1) is 5.82 Å². The lowest BCUT2D eigenvalue weighted by Crippen LogP contribution is -2.26. The molecule has 0 saturated heterocycles. The van der Waals surface area contributed by atoms with Gasteiger partial charge in [-0.3, -0.25) is 10.1 Å². The molecule has 0 aromatic heterocycles. The summed E-state index contributed by atoms with van der Waals surface area (Å²) in [5.41, 5.74) is 4.33. The van der Waals surface area contributed by atoms with Crippen molar-refractivity contribution in [1.29, 1.82) is 0 Å². The molecule has 0 unspecified atom stereocenters. The van der Waals surface area contributed by atoms with Crippen molar-refractivity contribution in [2.75, 3.05) is 17.7 Å². The summed E-state index contributed by atoms with van der Waals surface area (Å²) >= 11 is 0. The van der Waals surface area contributed by atoms with E-state index < -0.39 is 30.1 Å². The molecule has 24 heavy (non-hydrogen) atoms. The predicted molar refractivity (Wildman–Crippen MR) is 86.2 cm³/mol. The van der Waals surface area contributed by atoms with Crippen molar-refractivity contribution in [3.8, 4) is 0 Å². The van der Waals surface area contributed by atoms with E-state index in [1.807, 2.05) is 0 Å². The van der Waals surface area contributed by atoms with Gasteiger partial charge >= 0.3 is 12.1 Å². The van der Waals surface area contributed by atoms with Crippen molar-refractivity contribution in [2.45, 2.75) is 26.4 Å². The Balaban J connectivity index is 2.63. The Labute approximate surface area is 138 Å². The van der Waals surface area contributed by atoms with Gasteiger partial charge < -0.3 is 15.2 Å². The molecule has 1 amide bonds. The smallest absolute Gasteiger partial charge is 0.412 e. The van der Waals surface area contributed by atoms with Gasteiger partial charge in [0, 0.05) is 11.3 Å². The van der Waals surface area contributed by atoms with E-state index in [0.29, 0.717) is 6.29 Å². The maximum Gasteiger partial charge on any atom is 0.412 e. The van der Waals surface area contributed by atoms with Gasteiger partial charge in [-0.05, 0) is 32.9 Å². The standard InChI is InChI=1S/C16H19FN2O5/c1-9(14(21)24-16(2,3)4)8-23-15(22)19-13-5-10(7-20)12(18)6-11(13)17/h5-7H,1,8,18H2,2-4H3,(H,19,22). The molecule has 0 aliphatic rings. The fourth-order valence-corrected chi connectivity index (χ4v) is 1.51. The van der Waals surface area contributed by atoms with Crippen molar-refractivity contribution >= 4 is 29.7 Å². The maximum absolute atomic E-state index is 13.7. The molecule has 0 saturated carbocycles. The van der Waals surface area contributed by atoms with Gasteiger partial charge in [-0.25, -0.2) is 14.0 Å². The Bertz CT molecular complexity index is 680. The van der Waals surface area contributed by atoms with Crippen molar-refractivity contribution in [1.82, 2.24) is 0 Å². The van der Waals surface area contributed by atoms with Crippen LogP contribution < -0.4 is 11.1 Å². The minimum Gasteiger partial charge on any atom is -0.457 e. The van der Waals surface area contributed by atoms with Crippen LogP contribution >= 0.6 is 0 Å². The van der Waals surface area contributed by atoms with Crippen molar-refractivity contribution < 1.29 is 28.2 Å². The summed E-state index contributed by atoms with van der Waals surface area (Å²) in [5.74, 6) is -1.54. The third-order valence-electron chi connectivity index (χ3n) is 2.60. The summed E-state index contributed by atoms with van der Waals surface area (Å²) in [6, 6.07) is 1.97. The van der Waals surface area contributed by atoms with Crippen LogP contribution in [-0.2, 0) is 14.3 Å². The number of hydrogen-bond acceptors (Lipinski definition) is 6. The van der Waals surface area contributed by atoms with Gasteiger partial charge in [0.15, 0.2) is 6.29 Å². The zero-order valence-electron chi connectivity index (χ0n) is 13.6. The van der Waals surface area contributed by atoms with Crippen LogP contribution in [0.5, 0.6) is 0 Å². The Morgan fingerprint density at radius 2 is 2.00 bits per heavy atom. The normalized spacial score (nSPS) is 10.7. The summed E-state index contributed by atoms with van der Waals surface area (Å²) in [6.45, 7) is 8.07. The number of nitrogens with one attached hydrogen (secondary N) is 1. The van der Waals surface area contributed by atoms with Crippen LogP contribution in [0.2, 0.25) is 0 Å². The van der Waals surface area contributed by atoms with E-state index in [-0.39, 0.29) is 22.5 Å². The summed E-state index contributed by atoms with van der Waals surface area (Å²) in [4.78, 5) is 34.1. The first-order valence-electron chi connectivity index (χ1n) is 6.92. The lowest BCUT2D eigenvalue weighted by Gasteiger charge is -2.20. The average molecular weight is 338 g/mol. The first kappa shape index (κ1) is 19.1. The van der Waals surface area contributed by atoms with E-state index in [2.05, 4.69) is 11.9 Å². The number of hydrogen-bond donors (Lipinski definition) is 2. The van der Waals surface area contributed by atoms with E-state index in [1.54, 1.807) is 20.8 Å². The third-order valence-corrected chi connectivity index (χ3v) is 2.60. The number of anilines is 2. The number of ether oxygens (including phenoxy) is 2. The Morgan fingerprint density at radius 1 is 1.38 bits per heavy atom. The van der Waals surface area contributed by atoms with Crippen LogP contribution in [0.3, 0.4) is 0 Å². The average Bonchev–Trinajstić information content (AvgIpc) is 2.45. The van der Waals surface area contributed by atoms with Crippen LogP contribution in [0.4, 0.5) is 20.6 Å². The third kappa shape index (κ3) is 5.71. The molecule has 0 atom stereocenters. The van der Waals surface area contributed by atoms with E-state index in [4.69, 9.17) is 15.2 Å². The fourth-order valence-electron chi connectivity index (χ4n) is 1.51. The van der Waals surface area contributed by atoms with Crippen molar-refractivity contribution in [3.05, 3.63) is 35.7 Å². The molecule has 1 rings (SSSR count). The van der Waals surface area contributed by atoms with Gasteiger partial charge in [0.25, 0.3) is 0 Å². The maximum atomic E-state index is 13.7. The highest BCUT2D eigenvalue weighted by Gasteiger charge is 2.20. The van der Waals surface area contributed by atoms with Crippen LogP contribution in [0.25, 0.3) is 0 Å². The molecule has 0 fully saturated rings. The highest BCUT2D eigenvalue weighted by atomic mass is 19.1. The Hall–Kier alpha value is -2.90. The number of amides is 1. The largest absolute Gasteiger partial charge is 0.457 e. The number of halogens is 1. The lowest BCUT2D eigenvalue weighted by atomic mass is 10.1. The first-order chi connectivity index (χ1) is 11.0. The van der Waals surface area contributed by atoms with Crippen molar-refractivity contribution in [2.24, 2.45) is 0 Å². The Kier molecular flexibility index (Phi) is 6.05. The second-order valence-electron chi connectivity index (χ2n) is 5.89. The second kappa shape index (κ2) is 7.58. The topological polar surface area (TPSA) is 108 Å². The number of nitrogen functional groups attached to an aromatic ring is 1. The van der Waals surface area contributed by atoms with Gasteiger partial charge in [-0.2, -0.15) is 0 Å². The number of nitrogens with two attached hydrogens (primary N) is 1. The molecule has 0 aliphatic heterocycles. The van der Waals surface area contributed by atoms with Crippen LogP contribution in [0.1, 0.15) is 31.1 Å². The molecule has 1 aromatic carbocycles. The van der Waals surface area contributed by atoms with Crippen LogP contribution in [-0.4, -0.2) is 30.6 Å². The van der Waals surface area contributed by atoms with Gasteiger partial charge in [0.1, 0.15) is 18.0 Å². The molecule has 8 heteroatoms. The molecule has 3 N–H and O–H groups in total. The molecule has 130 valence electrons. The quantitative estimate of drug-likeness (QED) is 0.370. The summed E-state index contributed by atoms with van der Waals surface area (Å²) in [7, 11) is 0. The van der Waals surface area contributed by atoms with E-state index >= 15 is 0 Å². The minimum atomic E-state index is -1.03. The number of rotatable bonds is 5. The van der Waals surface area contributed by atoms with Crippen molar-refractivity contribution in [3.63, 3.8) is 0 Å². The molecule has 0 bridgehead atoms. The van der Waals surface area contributed by atoms with Gasteiger partial charge in [-0.1, -0.05) is 6.58 Å². The number of aldehydes is 1. The van der Waals surface area contributed by atoms with Crippen LogP contribution in [0.15, 0.2) is 24.3 Å². The molecule has 7 nitrogen and oxygen atoms in total. The molecular formula is C16H19FN2O5. The lowest BCUT2D eigenvalue weighted by molar-refractivity contribution is -0.150. The minimum absolute atomic E-state index is 0.0184. The zero-order chi connectivity index (χ0) is 18.5. The molecule has 0 aliphatic carbocycles. The van der Waals surface area contributed by atoms with E-state index in [1.165, 1.54) is 0 Å². The highest BCUT2D eigenvalue weighted by molar-refractivity contribution is 5.91. The first-order valence-corrected chi connectivity index (χ1v) is 6.92. The summed E-state index contributed by atoms with van der Waals surface area (Å²) < 4.78 is 23.5. The molecular weight excluding hydrogens is 319 g/mol. The zero-order valence-corrected chi connectivity index (χ0v) is 13.6. The SMILES string of the molecule is C=C(COC(=O)Nc1cc(C=O)c(N)cc1F)C(=O)OC(C)(C)C. The van der Waals surface area contributed by atoms with Gasteiger partial charge in [-0.15, -0.1) is 0 Å². The molecule has 1 aromatic rings. The number of carbonyl (C=O) groups excluding carboxylic acids is 3. The van der Waals surface area contributed by atoms with Gasteiger partial charge in [0.05, 0.1) is 11.3 Å². The predicted octanol–water partition coefficient (Wildman–Crippen LogP) is 2.67. The van der Waals surface area contributed by atoms with Gasteiger partial charge in [0.2, 0.25) is 0 Å². The molecule has 0 heterocycles.